The molecule has 0 spiro atoms. The number of thioether (sulfide) groups is 1. The van der Waals surface area contributed by atoms with Crippen molar-refractivity contribution >= 4 is 29.1 Å². The van der Waals surface area contributed by atoms with Crippen LogP contribution in [-0.2, 0) is 18.7 Å². The summed E-state index contributed by atoms with van der Waals surface area (Å²) >= 11 is 3.43. The van der Waals surface area contributed by atoms with Gasteiger partial charge in [-0.25, -0.2) is 9.37 Å². The molecular formula is C19H27FN4S2. The summed E-state index contributed by atoms with van der Waals surface area (Å²) in [6, 6.07) is 4.97. The Kier molecular flexibility index (Phi) is 8.91. The molecule has 2 N–H and O–H groups in total. The summed E-state index contributed by atoms with van der Waals surface area (Å²) < 4.78 is 13.4. The molecule has 0 atom stereocenters. The summed E-state index contributed by atoms with van der Waals surface area (Å²) in [5, 5.41) is 9.96. The molecule has 4 nitrogen and oxygen atoms in total. The fraction of sp³-hybridized carbons (Fsp3) is 0.474. The zero-order valence-electron chi connectivity index (χ0n) is 15.6. The lowest BCUT2D eigenvalue weighted by molar-refractivity contribution is 0.625. The number of aliphatic imine (C=N–C) groups is 1. The number of guanidine groups is 1. The van der Waals surface area contributed by atoms with Crippen molar-refractivity contribution < 1.29 is 4.39 Å². The second-order valence-corrected chi connectivity index (χ2v) is 7.85. The fourth-order valence-electron chi connectivity index (χ4n) is 2.58. The van der Waals surface area contributed by atoms with Gasteiger partial charge in [-0.1, -0.05) is 6.07 Å². The Balaban J connectivity index is 1.72. The Bertz CT molecular complexity index is 715. The van der Waals surface area contributed by atoms with Gasteiger partial charge in [0.05, 0.1) is 5.01 Å². The Hall–Kier alpha value is -1.60. The maximum atomic E-state index is 13.4. The first kappa shape index (κ1) is 20.7. The summed E-state index contributed by atoms with van der Waals surface area (Å²) in [5.74, 6) is 1.39. The quantitative estimate of drug-likeness (QED) is 0.381. The summed E-state index contributed by atoms with van der Waals surface area (Å²) in [5.41, 5.74) is 3.23. The SMILES string of the molecule is CN=C(NCCCCc1nc(C)cs1)NCc1ccc(F)cc1CSC. The molecule has 2 aromatic rings. The van der Waals surface area contributed by atoms with E-state index in [2.05, 4.69) is 26.0 Å². The molecule has 7 heteroatoms. The third-order valence-corrected chi connectivity index (χ3v) is 5.54. The van der Waals surface area contributed by atoms with Crippen LogP contribution in [0, 0.1) is 12.7 Å². The number of nitrogens with zero attached hydrogens (tertiary/aromatic N) is 2. The number of hydrogen-bond acceptors (Lipinski definition) is 4. The molecule has 0 radical (unpaired) electrons. The molecule has 0 unspecified atom stereocenters. The van der Waals surface area contributed by atoms with E-state index in [0.717, 1.165) is 54.3 Å². The van der Waals surface area contributed by atoms with Crippen LogP contribution in [0.15, 0.2) is 28.6 Å². The smallest absolute Gasteiger partial charge is 0.191 e. The largest absolute Gasteiger partial charge is 0.356 e. The number of nitrogens with one attached hydrogen (secondary N) is 2. The van der Waals surface area contributed by atoms with Gasteiger partial charge in [0, 0.05) is 37.0 Å². The van der Waals surface area contributed by atoms with Gasteiger partial charge < -0.3 is 10.6 Å². The van der Waals surface area contributed by atoms with Crippen molar-refractivity contribution in [2.24, 2.45) is 4.99 Å². The lowest BCUT2D eigenvalue weighted by Crippen LogP contribution is -2.37. The summed E-state index contributed by atoms with van der Waals surface area (Å²) in [6.07, 6.45) is 5.22. The van der Waals surface area contributed by atoms with Gasteiger partial charge in [0.25, 0.3) is 0 Å². The molecular weight excluding hydrogens is 367 g/mol. The highest BCUT2D eigenvalue weighted by Crippen LogP contribution is 2.16. The van der Waals surface area contributed by atoms with Crippen molar-refractivity contribution in [3.8, 4) is 0 Å². The van der Waals surface area contributed by atoms with E-state index < -0.39 is 0 Å². The van der Waals surface area contributed by atoms with Crippen LogP contribution >= 0.6 is 23.1 Å². The minimum Gasteiger partial charge on any atom is -0.356 e. The summed E-state index contributed by atoms with van der Waals surface area (Å²) in [6.45, 7) is 3.53. The summed E-state index contributed by atoms with van der Waals surface area (Å²) in [4.78, 5) is 8.75. The van der Waals surface area contributed by atoms with Crippen LogP contribution in [0.2, 0.25) is 0 Å². The second kappa shape index (κ2) is 11.2. The Morgan fingerprint density at radius 2 is 2.12 bits per heavy atom. The second-order valence-electron chi connectivity index (χ2n) is 6.04. The van der Waals surface area contributed by atoms with Crippen LogP contribution in [0.3, 0.4) is 0 Å². The van der Waals surface area contributed by atoms with Crippen molar-refractivity contribution in [3.63, 3.8) is 0 Å². The summed E-state index contributed by atoms with van der Waals surface area (Å²) in [7, 11) is 1.77. The highest BCUT2D eigenvalue weighted by molar-refractivity contribution is 7.97. The molecule has 142 valence electrons. The number of thiazole rings is 1. The van der Waals surface area contributed by atoms with Crippen LogP contribution in [-0.4, -0.2) is 30.8 Å². The van der Waals surface area contributed by atoms with Crippen LogP contribution in [0.1, 0.15) is 34.7 Å². The van der Waals surface area contributed by atoms with E-state index in [1.165, 1.54) is 11.1 Å². The Labute approximate surface area is 163 Å². The average molecular weight is 395 g/mol. The van der Waals surface area contributed by atoms with Gasteiger partial charge in [0.15, 0.2) is 5.96 Å². The number of rotatable bonds is 9. The van der Waals surface area contributed by atoms with Crippen molar-refractivity contribution in [3.05, 3.63) is 51.2 Å². The number of benzene rings is 1. The van der Waals surface area contributed by atoms with Crippen LogP contribution in [0.5, 0.6) is 0 Å². The first-order chi connectivity index (χ1) is 12.6. The Morgan fingerprint density at radius 3 is 2.81 bits per heavy atom. The standard InChI is InChI=1S/C19H27FN4S2/c1-14-12-26-18(24-14)6-4-5-9-22-19(21-2)23-11-15-7-8-17(20)10-16(15)13-25-3/h7-8,10,12H,4-6,9,11,13H2,1-3H3,(H2,21,22,23). The lowest BCUT2D eigenvalue weighted by Gasteiger charge is -2.14. The van der Waals surface area contributed by atoms with Crippen molar-refractivity contribution in [1.82, 2.24) is 15.6 Å². The van der Waals surface area contributed by atoms with Gasteiger partial charge in [-0.15, -0.1) is 11.3 Å². The van der Waals surface area contributed by atoms with Gasteiger partial charge >= 0.3 is 0 Å². The average Bonchev–Trinajstić information content (AvgIpc) is 3.04. The molecule has 2 rings (SSSR count). The monoisotopic (exact) mass is 394 g/mol. The molecule has 1 aromatic heterocycles. The van der Waals surface area contributed by atoms with Crippen molar-refractivity contribution in [1.29, 1.82) is 0 Å². The van der Waals surface area contributed by atoms with Crippen molar-refractivity contribution in [2.75, 3.05) is 19.8 Å². The molecule has 26 heavy (non-hydrogen) atoms. The molecule has 0 saturated heterocycles. The maximum absolute atomic E-state index is 13.4. The van der Waals surface area contributed by atoms with Gasteiger partial charge in [-0.2, -0.15) is 11.8 Å². The number of halogens is 1. The first-order valence-electron chi connectivity index (χ1n) is 8.74. The number of hydrogen-bond donors (Lipinski definition) is 2. The van der Waals surface area contributed by atoms with Gasteiger partial charge in [-0.3, -0.25) is 4.99 Å². The Morgan fingerprint density at radius 1 is 1.27 bits per heavy atom. The predicted molar refractivity (Wildman–Crippen MR) is 112 cm³/mol. The normalized spacial score (nSPS) is 11.6. The molecule has 0 aliphatic carbocycles. The molecule has 0 saturated carbocycles. The molecule has 0 bridgehead atoms. The van der Waals surface area contributed by atoms with E-state index in [9.17, 15) is 4.39 Å². The zero-order valence-corrected chi connectivity index (χ0v) is 17.3. The molecule has 1 heterocycles. The molecule has 0 fully saturated rings. The minimum atomic E-state index is -0.185. The van der Waals surface area contributed by atoms with Gasteiger partial charge in [-0.05, 0) is 55.7 Å². The third-order valence-electron chi connectivity index (χ3n) is 3.91. The highest BCUT2D eigenvalue weighted by Gasteiger charge is 2.05. The van der Waals surface area contributed by atoms with Crippen LogP contribution in [0.25, 0.3) is 0 Å². The molecule has 0 amide bonds. The predicted octanol–water partition coefficient (Wildman–Crippen LogP) is 4.14. The van der Waals surface area contributed by atoms with E-state index in [0.29, 0.717) is 6.54 Å². The van der Waals surface area contributed by atoms with E-state index in [-0.39, 0.29) is 5.82 Å². The fourth-order valence-corrected chi connectivity index (χ4v) is 3.98. The minimum absolute atomic E-state index is 0.185. The van der Waals surface area contributed by atoms with Crippen LogP contribution in [0.4, 0.5) is 4.39 Å². The number of aromatic nitrogens is 1. The zero-order chi connectivity index (χ0) is 18.8. The van der Waals surface area contributed by atoms with Crippen molar-refractivity contribution in [2.45, 2.75) is 38.5 Å². The van der Waals surface area contributed by atoms with Gasteiger partial charge in [0.1, 0.15) is 5.82 Å². The molecule has 1 aromatic carbocycles. The lowest BCUT2D eigenvalue weighted by atomic mass is 10.1. The number of unbranched alkanes of at least 4 members (excludes halogenated alkanes) is 1. The van der Waals surface area contributed by atoms with Gasteiger partial charge in [0.2, 0.25) is 0 Å². The van der Waals surface area contributed by atoms with E-state index >= 15 is 0 Å². The third kappa shape index (κ3) is 6.96. The van der Waals surface area contributed by atoms with E-state index in [4.69, 9.17) is 0 Å². The topological polar surface area (TPSA) is 49.3 Å². The molecule has 0 aliphatic heterocycles. The van der Waals surface area contributed by atoms with E-state index in [1.54, 1.807) is 36.2 Å². The number of aryl methyl sites for hydroxylation is 2. The van der Waals surface area contributed by atoms with E-state index in [1.807, 2.05) is 19.2 Å². The highest BCUT2D eigenvalue weighted by atomic mass is 32.2. The molecule has 0 aliphatic rings. The van der Waals surface area contributed by atoms with Crippen LogP contribution < -0.4 is 10.6 Å². The first-order valence-corrected chi connectivity index (χ1v) is 11.0. The maximum Gasteiger partial charge on any atom is 0.191 e.